The predicted octanol–water partition coefficient (Wildman–Crippen LogP) is 18.2. The van der Waals surface area contributed by atoms with Gasteiger partial charge in [-0.3, -0.25) is 9.59 Å². The number of ether oxygens (including phenoxy) is 1. The highest BCUT2D eigenvalue weighted by molar-refractivity contribution is 5.76. The molecule has 2 unspecified atom stereocenters. The van der Waals surface area contributed by atoms with Gasteiger partial charge in [-0.15, -0.1) is 0 Å². The normalized spacial score (nSPS) is 12.7. The lowest BCUT2D eigenvalue weighted by Gasteiger charge is -2.22. The third-order valence-corrected chi connectivity index (χ3v) is 13.8. The Morgan fingerprint density at radius 2 is 0.758 bits per heavy atom. The maximum Gasteiger partial charge on any atom is 0.305 e. The second kappa shape index (κ2) is 55.9. The van der Waals surface area contributed by atoms with Gasteiger partial charge in [0.1, 0.15) is 0 Å². The number of amides is 1. The van der Waals surface area contributed by atoms with Crippen molar-refractivity contribution >= 4 is 11.9 Å². The summed E-state index contributed by atoms with van der Waals surface area (Å²) in [6, 6.07) is -0.551. The van der Waals surface area contributed by atoms with Crippen molar-refractivity contribution < 1.29 is 24.5 Å². The standard InChI is InChI=1S/C60H115NO5/c1-3-5-7-9-11-13-15-17-19-20-21-22-23-25-28-32-36-40-44-48-52-58(63)57(56-62)61-59(64)53-49-45-41-37-33-29-26-27-31-35-39-43-47-51-55-66-60(65)54-50-46-42-38-34-30-24-18-16-14-12-10-8-6-4-2/h12,14,18,24,57-58,62-63H,3-11,13,15-17,19-23,25-56H2,1-2H3,(H,61,64)/b14-12-,24-18-. The van der Waals surface area contributed by atoms with Gasteiger partial charge in [-0.05, 0) is 57.8 Å². The van der Waals surface area contributed by atoms with E-state index in [2.05, 4.69) is 43.5 Å². The van der Waals surface area contributed by atoms with E-state index in [9.17, 15) is 19.8 Å². The third kappa shape index (κ3) is 51.7. The van der Waals surface area contributed by atoms with Crippen LogP contribution in [0.3, 0.4) is 0 Å². The van der Waals surface area contributed by atoms with Gasteiger partial charge in [0.2, 0.25) is 5.91 Å². The summed E-state index contributed by atoms with van der Waals surface area (Å²) in [5.41, 5.74) is 0. The van der Waals surface area contributed by atoms with Crippen molar-refractivity contribution in [3.05, 3.63) is 24.3 Å². The maximum atomic E-state index is 12.5. The predicted molar refractivity (Wildman–Crippen MR) is 287 cm³/mol. The van der Waals surface area contributed by atoms with Crippen LogP contribution in [0.15, 0.2) is 24.3 Å². The van der Waals surface area contributed by atoms with Crippen molar-refractivity contribution in [1.29, 1.82) is 0 Å². The summed E-state index contributed by atoms with van der Waals surface area (Å²) in [5.74, 6) is -0.0588. The Hall–Kier alpha value is -1.66. The van der Waals surface area contributed by atoms with Gasteiger partial charge in [0.05, 0.1) is 25.4 Å². The Balaban J connectivity index is 3.45. The fourth-order valence-electron chi connectivity index (χ4n) is 9.20. The first-order valence-corrected chi connectivity index (χ1v) is 29.6. The molecule has 0 saturated heterocycles. The van der Waals surface area contributed by atoms with Crippen LogP contribution in [0.2, 0.25) is 0 Å². The van der Waals surface area contributed by atoms with Gasteiger partial charge in [0.15, 0.2) is 0 Å². The molecule has 0 aliphatic heterocycles. The Morgan fingerprint density at radius 1 is 0.424 bits per heavy atom. The lowest BCUT2D eigenvalue weighted by atomic mass is 10.0. The van der Waals surface area contributed by atoms with Crippen LogP contribution in [0.4, 0.5) is 0 Å². The number of aliphatic hydroxyl groups is 2. The van der Waals surface area contributed by atoms with Crippen LogP contribution in [-0.4, -0.2) is 47.4 Å². The molecule has 0 aromatic carbocycles. The molecule has 66 heavy (non-hydrogen) atoms. The molecule has 6 heteroatoms. The van der Waals surface area contributed by atoms with Crippen LogP contribution in [-0.2, 0) is 14.3 Å². The van der Waals surface area contributed by atoms with Gasteiger partial charge in [-0.25, -0.2) is 0 Å². The number of esters is 1. The van der Waals surface area contributed by atoms with E-state index in [4.69, 9.17) is 4.74 Å². The van der Waals surface area contributed by atoms with Gasteiger partial charge >= 0.3 is 5.97 Å². The minimum absolute atomic E-state index is 0.0155. The molecule has 1 amide bonds. The summed E-state index contributed by atoms with van der Waals surface area (Å²) in [6.45, 7) is 4.92. The van der Waals surface area contributed by atoms with E-state index in [1.165, 1.54) is 231 Å². The molecule has 0 radical (unpaired) electrons. The number of aliphatic hydroxyl groups excluding tert-OH is 2. The second-order valence-electron chi connectivity index (χ2n) is 20.3. The van der Waals surface area contributed by atoms with Gasteiger partial charge in [0, 0.05) is 12.8 Å². The van der Waals surface area contributed by atoms with Crippen LogP contribution < -0.4 is 5.32 Å². The average molecular weight is 931 g/mol. The van der Waals surface area contributed by atoms with Crippen LogP contribution >= 0.6 is 0 Å². The minimum Gasteiger partial charge on any atom is -0.466 e. The van der Waals surface area contributed by atoms with Crippen molar-refractivity contribution in [3.8, 4) is 0 Å². The molecule has 0 fully saturated rings. The molecule has 2 atom stereocenters. The largest absolute Gasteiger partial charge is 0.466 e. The topological polar surface area (TPSA) is 95.9 Å². The first kappa shape index (κ1) is 64.3. The molecule has 0 aromatic heterocycles. The lowest BCUT2D eigenvalue weighted by Crippen LogP contribution is -2.45. The number of rotatable bonds is 55. The summed E-state index contributed by atoms with van der Waals surface area (Å²) < 4.78 is 5.47. The van der Waals surface area contributed by atoms with Crippen molar-refractivity contribution in [1.82, 2.24) is 5.32 Å². The monoisotopic (exact) mass is 930 g/mol. The molecule has 0 saturated carbocycles. The zero-order valence-electron chi connectivity index (χ0n) is 44.4. The zero-order chi connectivity index (χ0) is 47.9. The minimum atomic E-state index is -0.673. The highest BCUT2D eigenvalue weighted by Gasteiger charge is 2.20. The number of hydrogen-bond donors (Lipinski definition) is 3. The quantitative estimate of drug-likeness (QED) is 0.0321. The molecule has 0 bridgehead atoms. The lowest BCUT2D eigenvalue weighted by molar-refractivity contribution is -0.143. The van der Waals surface area contributed by atoms with Crippen LogP contribution in [0.25, 0.3) is 0 Å². The van der Waals surface area contributed by atoms with E-state index in [1.807, 2.05) is 0 Å². The van der Waals surface area contributed by atoms with E-state index in [-0.39, 0.29) is 18.5 Å². The molecule has 0 aromatic rings. The number of hydrogen-bond acceptors (Lipinski definition) is 5. The van der Waals surface area contributed by atoms with Crippen molar-refractivity contribution in [2.24, 2.45) is 0 Å². The molecule has 0 heterocycles. The smallest absolute Gasteiger partial charge is 0.305 e. The van der Waals surface area contributed by atoms with E-state index in [0.717, 1.165) is 57.8 Å². The van der Waals surface area contributed by atoms with E-state index in [0.29, 0.717) is 25.9 Å². The molecule has 0 spiro atoms. The van der Waals surface area contributed by atoms with E-state index in [1.54, 1.807) is 0 Å². The summed E-state index contributed by atoms with van der Waals surface area (Å²) >= 11 is 0. The second-order valence-corrected chi connectivity index (χ2v) is 20.3. The van der Waals surface area contributed by atoms with Gasteiger partial charge in [0.25, 0.3) is 0 Å². The van der Waals surface area contributed by atoms with Crippen LogP contribution in [0, 0.1) is 0 Å². The highest BCUT2D eigenvalue weighted by Crippen LogP contribution is 2.18. The Bertz CT molecular complexity index is 1030. The Morgan fingerprint density at radius 3 is 1.18 bits per heavy atom. The van der Waals surface area contributed by atoms with Gasteiger partial charge in [-0.2, -0.15) is 0 Å². The Labute approximate surface area is 411 Å². The first-order valence-electron chi connectivity index (χ1n) is 29.6. The van der Waals surface area contributed by atoms with Gasteiger partial charge in [-0.1, -0.05) is 276 Å². The fraction of sp³-hybridized carbons (Fsp3) is 0.900. The summed E-state index contributed by atoms with van der Waals surface area (Å²) in [6.07, 6.45) is 67.3. The summed E-state index contributed by atoms with van der Waals surface area (Å²) in [5, 5.41) is 23.3. The summed E-state index contributed by atoms with van der Waals surface area (Å²) in [7, 11) is 0. The van der Waals surface area contributed by atoms with Crippen molar-refractivity contribution in [2.75, 3.05) is 13.2 Å². The average Bonchev–Trinajstić information content (AvgIpc) is 3.32. The SMILES string of the molecule is CCCCC/C=C\C/C=C\CCCCCCCC(=O)OCCCCCCCCCCCCCCCCC(=O)NC(CO)C(O)CCCCCCCCCCCCCCCCCCCCCC. The number of carbonyl (C=O) groups excluding carboxylic acids is 2. The van der Waals surface area contributed by atoms with Crippen LogP contribution in [0.5, 0.6) is 0 Å². The van der Waals surface area contributed by atoms with Gasteiger partial charge < -0.3 is 20.3 Å². The molecular weight excluding hydrogens is 815 g/mol. The molecular formula is C60H115NO5. The maximum absolute atomic E-state index is 12.5. The van der Waals surface area contributed by atoms with Crippen molar-refractivity contribution in [2.45, 2.75) is 334 Å². The van der Waals surface area contributed by atoms with E-state index < -0.39 is 12.1 Å². The molecule has 3 N–H and O–H groups in total. The molecule has 0 rings (SSSR count). The van der Waals surface area contributed by atoms with Crippen LogP contribution in [0.1, 0.15) is 322 Å². The number of nitrogens with one attached hydrogen (secondary N) is 1. The molecule has 6 nitrogen and oxygen atoms in total. The fourth-order valence-corrected chi connectivity index (χ4v) is 9.20. The Kier molecular flexibility index (Phi) is 54.5. The first-order chi connectivity index (χ1) is 32.5. The van der Waals surface area contributed by atoms with E-state index >= 15 is 0 Å². The highest BCUT2D eigenvalue weighted by atomic mass is 16.5. The molecule has 390 valence electrons. The molecule has 0 aliphatic carbocycles. The number of allylic oxidation sites excluding steroid dienone is 4. The third-order valence-electron chi connectivity index (χ3n) is 13.8. The number of carbonyl (C=O) groups is 2. The molecule has 0 aliphatic rings. The number of unbranched alkanes of at least 4 members (excludes halogenated alkanes) is 40. The van der Waals surface area contributed by atoms with Crippen molar-refractivity contribution in [3.63, 3.8) is 0 Å². The summed E-state index contributed by atoms with van der Waals surface area (Å²) in [4.78, 5) is 24.6. The zero-order valence-corrected chi connectivity index (χ0v) is 44.4.